The zero-order valence-electron chi connectivity index (χ0n) is 14.7. The van der Waals surface area contributed by atoms with Gasteiger partial charge in [0.2, 0.25) is 5.91 Å². The van der Waals surface area contributed by atoms with Gasteiger partial charge in [0.25, 0.3) is 0 Å². The first-order valence-electron chi connectivity index (χ1n) is 9.23. The first-order chi connectivity index (χ1) is 12.7. The number of H-pyrrole nitrogens is 1. The van der Waals surface area contributed by atoms with E-state index in [0.29, 0.717) is 13.1 Å². The molecule has 0 aliphatic carbocycles. The summed E-state index contributed by atoms with van der Waals surface area (Å²) < 4.78 is 13.2. The summed E-state index contributed by atoms with van der Waals surface area (Å²) in [6.45, 7) is 4.87. The normalized spacial score (nSPS) is 21.3. The van der Waals surface area contributed by atoms with Gasteiger partial charge in [-0.1, -0.05) is 0 Å². The Kier molecular flexibility index (Phi) is 4.99. The minimum Gasteiger partial charge on any atom is -0.341 e. The standard InChI is InChI=1S/C19H24FN5O/c20-16-5-3-14(4-6-16)18-15(11-22-23-18)12-24-10-7-21-17(13-24)19(26)25-8-1-2-9-25/h3-6,11,17,21H,1-2,7-10,12-13H2,(H,22,23)/t17-/m1/s1. The van der Waals surface area contributed by atoms with Crippen LogP contribution in [0.4, 0.5) is 4.39 Å². The molecular formula is C19H24FN5O. The fourth-order valence-corrected chi connectivity index (χ4v) is 3.82. The van der Waals surface area contributed by atoms with E-state index in [1.165, 1.54) is 12.1 Å². The Morgan fingerprint density at radius 2 is 1.96 bits per heavy atom. The number of carbonyl (C=O) groups excluding carboxylic acids is 1. The number of rotatable bonds is 4. The Morgan fingerprint density at radius 3 is 2.73 bits per heavy atom. The predicted octanol–water partition coefficient (Wildman–Crippen LogP) is 1.61. The molecule has 4 rings (SSSR count). The molecule has 6 nitrogen and oxygen atoms in total. The maximum atomic E-state index is 13.2. The van der Waals surface area contributed by atoms with Gasteiger partial charge in [-0.25, -0.2) is 4.39 Å². The van der Waals surface area contributed by atoms with Gasteiger partial charge in [-0.15, -0.1) is 0 Å². The molecule has 0 bridgehead atoms. The van der Waals surface area contributed by atoms with Crippen molar-refractivity contribution in [1.29, 1.82) is 0 Å². The molecule has 1 atom stereocenters. The smallest absolute Gasteiger partial charge is 0.241 e. The van der Waals surface area contributed by atoms with Crippen molar-refractivity contribution in [3.63, 3.8) is 0 Å². The second kappa shape index (κ2) is 7.55. The molecule has 2 N–H and O–H groups in total. The highest BCUT2D eigenvalue weighted by atomic mass is 19.1. The third-order valence-corrected chi connectivity index (χ3v) is 5.22. The zero-order valence-corrected chi connectivity index (χ0v) is 14.7. The molecule has 26 heavy (non-hydrogen) atoms. The summed E-state index contributed by atoms with van der Waals surface area (Å²) in [5.41, 5.74) is 2.88. The average molecular weight is 357 g/mol. The number of nitrogens with one attached hydrogen (secondary N) is 2. The third-order valence-electron chi connectivity index (χ3n) is 5.22. The SMILES string of the molecule is O=C([C@H]1CN(Cc2cn[nH]c2-c2ccc(F)cc2)CCN1)N1CCCC1. The Hall–Kier alpha value is -2.25. The summed E-state index contributed by atoms with van der Waals surface area (Å²) in [6, 6.07) is 6.28. The van der Waals surface area contributed by atoms with Crippen LogP contribution in [0.5, 0.6) is 0 Å². The molecule has 0 radical (unpaired) electrons. The summed E-state index contributed by atoms with van der Waals surface area (Å²) in [6.07, 6.45) is 4.04. The maximum absolute atomic E-state index is 13.2. The van der Waals surface area contributed by atoms with E-state index in [1.54, 1.807) is 12.1 Å². The summed E-state index contributed by atoms with van der Waals surface area (Å²) in [5, 5.41) is 10.5. The number of hydrogen-bond donors (Lipinski definition) is 2. The van der Waals surface area contributed by atoms with Gasteiger partial charge in [-0.05, 0) is 37.1 Å². The van der Waals surface area contributed by atoms with Crippen molar-refractivity contribution in [1.82, 2.24) is 25.3 Å². The molecule has 2 fully saturated rings. The Balaban J connectivity index is 1.43. The van der Waals surface area contributed by atoms with Crippen molar-refractivity contribution in [2.24, 2.45) is 0 Å². The highest BCUT2D eigenvalue weighted by Crippen LogP contribution is 2.23. The van der Waals surface area contributed by atoms with Gasteiger partial charge in [0.15, 0.2) is 0 Å². The van der Waals surface area contributed by atoms with Crippen LogP contribution in [-0.2, 0) is 11.3 Å². The summed E-state index contributed by atoms with van der Waals surface area (Å²) in [4.78, 5) is 16.9. The van der Waals surface area contributed by atoms with Gasteiger partial charge in [-0.2, -0.15) is 5.10 Å². The Bertz CT molecular complexity index is 754. The first-order valence-corrected chi connectivity index (χ1v) is 9.23. The molecule has 0 saturated carbocycles. The number of nitrogens with zero attached hydrogens (tertiary/aromatic N) is 3. The number of hydrogen-bond acceptors (Lipinski definition) is 4. The van der Waals surface area contributed by atoms with Gasteiger partial charge >= 0.3 is 0 Å². The van der Waals surface area contributed by atoms with Crippen molar-refractivity contribution in [3.05, 3.63) is 41.8 Å². The molecule has 2 saturated heterocycles. The van der Waals surface area contributed by atoms with E-state index in [9.17, 15) is 9.18 Å². The van der Waals surface area contributed by atoms with Gasteiger partial charge in [0.1, 0.15) is 5.82 Å². The second-order valence-corrected chi connectivity index (χ2v) is 7.05. The van der Waals surface area contributed by atoms with Crippen molar-refractivity contribution < 1.29 is 9.18 Å². The third kappa shape index (κ3) is 3.64. The molecule has 1 aromatic heterocycles. The van der Waals surface area contributed by atoms with E-state index in [1.807, 2.05) is 11.1 Å². The maximum Gasteiger partial charge on any atom is 0.241 e. The molecule has 7 heteroatoms. The fourth-order valence-electron chi connectivity index (χ4n) is 3.82. The van der Waals surface area contributed by atoms with Gasteiger partial charge in [-0.3, -0.25) is 14.8 Å². The van der Waals surface area contributed by atoms with E-state index < -0.39 is 0 Å². The van der Waals surface area contributed by atoms with Crippen molar-refractivity contribution in [3.8, 4) is 11.3 Å². The minimum absolute atomic E-state index is 0.136. The zero-order chi connectivity index (χ0) is 17.9. The number of amides is 1. The molecular weight excluding hydrogens is 333 g/mol. The molecule has 2 aliphatic heterocycles. The average Bonchev–Trinajstić information content (AvgIpc) is 3.34. The van der Waals surface area contributed by atoms with Crippen LogP contribution in [0.15, 0.2) is 30.5 Å². The molecule has 0 unspecified atom stereocenters. The van der Waals surface area contributed by atoms with E-state index in [-0.39, 0.29) is 17.8 Å². The number of carbonyl (C=O) groups is 1. The lowest BCUT2D eigenvalue weighted by Crippen LogP contribution is -2.57. The topological polar surface area (TPSA) is 64.3 Å². The van der Waals surface area contributed by atoms with Crippen molar-refractivity contribution in [2.45, 2.75) is 25.4 Å². The predicted molar refractivity (Wildman–Crippen MR) is 96.9 cm³/mol. The molecule has 138 valence electrons. The molecule has 2 aromatic rings. The first kappa shape index (κ1) is 17.2. The number of aromatic amines is 1. The molecule has 1 amide bonds. The molecule has 2 aliphatic rings. The molecule has 0 spiro atoms. The van der Waals surface area contributed by atoms with Crippen LogP contribution in [0, 0.1) is 5.82 Å². The van der Waals surface area contributed by atoms with Gasteiger partial charge in [0, 0.05) is 50.4 Å². The lowest BCUT2D eigenvalue weighted by atomic mass is 10.1. The van der Waals surface area contributed by atoms with E-state index in [2.05, 4.69) is 20.4 Å². The van der Waals surface area contributed by atoms with Crippen LogP contribution < -0.4 is 5.32 Å². The largest absolute Gasteiger partial charge is 0.341 e. The number of halogens is 1. The highest BCUT2D eigenvalue weighted by molar-refractivity contribution is 5.82. The fraction of sp³-hybridized carbons (Fsp3) is 0.474. The van der Waals surface area contributed by atoms with Crippen LogP contribution in [0.2, 0.25) is 0 Å². The summed E-state index contributed by atoms with van der Waals surface area (Å²) in [7, 11) is 0. The quantitative estimate of drug-likeness (QED) is 0.873. The van der Waals surface area contributed by atoms with Crippen molar-refractivity contribution >= 4 is 5.91 Å². The monoisotopic (exact) mass is 357 g/mol. The number of piperazine rings is 1. The lowest BCUT2D eigenvalue weighted by Gasteiger charge is -2.34. The van der Waals surface area contributed by atoms with Crippen LogP contribution in [0.1, 0.15) is 18.4 Å². The highest BCUT2D eigenvalue weighted by Gasteiger charge is 2.30. The van der Waals surface area contributed by atoms with E-state index in [0.717, 1.165) is 55.8 Å². The minimum atomic E-state index is -0.250. The van der Waals surface area contributed by atoms with E-state index in [4.69, 9.17) is 0 Å². The number of likely N-dealkylation sites (tertiary alicyclic amines) is 1. The van der Waals surface area contributed by atoms with Crippen LogP contribution in [0.25, 0.3) is 11.3 Å². The number of benzene rings is 1. The van der Waals surface area contributed by atoms with Crippen LogP contribution >= 0.6 is 0 Å². The van der Waals surface area contributed by atoms with Crippen LogP contribution in [-0.4, -0.2) is 64.7 Å². The lowest BCUT2D eigenvalue weighted by molar-refractivity contribution is -0.133. The summed E-state index contributed by atoms with van der Waals surface area (Å²) >= 11 is 0. The van der Waals surface area contributed by atoms with Crippen LogP contribution in [0.3, 0.4) is 0 Å². The number of aromatic nitrogens is 2. The molecule has 3 heterocycles. The Morgan fingerprint density at radius 1 is 1.19 bits per heavy atom. The summed E-state index contributed by atoms with van der Waals surface area (Å²) in [5.74, 6) is -0.0293. The van der Waals surface area contributed by atoms with Gasteiger partial charge in [0.05, 0.1) is 17.9 Å². The van der Waals surface area contributed by atoms with E-state index >= 15 is 0 Å². The second-order valence-electron chi connectivity index (χ2n) is 7.05. The van der Waals surface area contributed by atoms with Gasteiger partial charge < -0.3 is 10.2 Å². The van der Waals surface area contributed by atoms with Crippen molar-refractivity contribution in [2.75, 3.05) is 32.7 Å². The molecule has 1 aromatic carbocycles. The Labute approximate surface area is 152 Å².